The van der Waals surface area contributed by atoms with Crippen LogP contribution in [-0.4, -0.2) is 61.1 Å². The number of likely N-dealkylation sites (tertiary alicyclic amines) is 2. The van der Waals surface area contributed by atoms with Gasteiger partial charge < -0.3 is 14.5 Å². The van der Waals surface area contributed by atoms with Gasteiger partial charge in [0, 0.05) is 38.5 Å². The van der Waals surface area contributed by atoms with Crippen LogP contribution < -0.4 is 0 Å². The van der Waals surface area contributed by atoms with Crippen LogP contribution in [0.15, 0.2) is 30.3 Å². The van der Waals surface area contributed by atoms with Crippen molar-refractivity contribution in [2.75, 3.05) is 33.3 Å². The molecule has 2 amide bonds. The normalized spacial score (nSPS) is 21.0. The largest absolute Gasteiger partial charge is 0.418 e. The van der Waals surface area contributed by atoms with Gasteiger partial charge in [0.1, 0.15) is 6.61 Å². The van der Waals surface area contributed by atoms with Crippen molar-refractivity contribution in [3.05, 3.63) is 35.9 Å². The molecule has 2 saturated heterocycles. The molecule has 3 rings (SSSR count). The maximum absolute atomic E-state index is 13.3. The van der Waals surface area contributed by atoms with Crippen molar-refractivity contribution in [1.29, 1.82) is 0 Å². The fraction of sp³-hybridized carbons (Fsp3) is 0.579. The molecule has 148 valence electrons. The van der Waals surface area contributed by atoms with Gasteiger partial charge in [0.15, 0.2) is 6.10 Å². The molecule has 0 unspecified atom stereocenters. The van der Waals surface area contributed by atoms with Crippen LogP contribution in [0.2, 0.25) is 0 Å². The lowest BCUT2D eigenvalue weighted by Gasteiger charge is -2.38. The predicted molar refractivity (Wildman–Crippen MR) is 91.7 cm³/mol. The fourth-order valence-electron chi connectivity index (χ4n) is 3.92. The summed E-state index contributed by atoms with van der Waals surface area (Å²) in [5.41, 5.74) is -0.134. The van der Waals surface area contributed by atoms with Crippen LogP contribution in [0.1, 0.15) is 30.9 Å². The minimum Gasteiger partial charge on any atom is -0.354 e. The number of hydrogen-bond donors (Lipinski definition) is 0. The summed E-state index contributed by atoms with van der Waals surface area (Å²) < 4.78 is 44.8. The zero-order chi connectivity index (χ0) is 19.7. The first kappa shape index (κ1) is 19.7. The number of benzene rings is 1. The molecular formula is C19H23F3N2O3. The summed E-state index contributed by atoms with van der Waals surface area (Å²) >= 11 is 0. The number of halogens is 3. The Balaban J connectivity index is 1.55. The summed E-state index contributed by atoms with van der Waals surface area (Å²) in [5, 5.41) is 0. The van der Waals surface area contributed by atoms with Gasteiger partial charge in [-0.25, -0.2) is 0 Å². The fourth-order valence-corrected chi connectivity index (χ4v) is 3.92. The molecule has 0 aliphatic carbocycles. The van der Waals surface area contributed by atoms with E-state index in [9.17, 15) is 22.8 Å². The maximum atomic E-state index is 13.3. The van der Waals surface area contributed by atoms with Crippen molar-refractivity contribution >= 4 is 11.8 Å². The van der Waals surface area contributed by atoms with Crippen LogP contribution in [-0.2, 0) is 14.3 Å². The first-order chi connectivity index (χ1) is 12.7. The average Bonchev–Trinajstić information content (AvgIpc) is 2.88. The number of ether oxygens (including phenoxy) is 1. The van der Waals surface area contributed by atoms with E-state index >= 15 is 0 Å². The van der Waals surface area contributed by atoms with Gasteiger partial charge in [0.25, 0.3) is 0 Å². The van der Waals surface area contributed by atoms with Crippen LogP contribution >= 0.6 is 0 Å². The van der Waals surface area contributed by atoms with Crippen molar-refractivity contribution in [2.45, 2.75) is 31.5 Å². The van der Waals surface area contributed by atoms with Crippen molar-refractivity contribution < 1.29 is 27.5 Å². The lowest BCUT2D eigenvalue weighted by atomic mass is 9.77. The zero-order valence-corrected chi connectivity index (χ0v) is 15.2. The summed E-state index contributed by atoms with van der Waals surface area (Å²) in [6, 6.07) is 7.30. The lowest BCUT2D eigenvalue weighted by Crippen LogP contribution is -2.45. The quantitative estimate of drug-likeness (QED) is 0.802. The standard InChI is InChI=1S/C19H23F3N2O3/c1-23-13-18(11-15(23)25)7-9-24(10-8-18)16(26)12-27-17(19(20,21)22)14-5-3-2-4-6-14/h2-6,17H,7-13H2,1H3/t17-/m0/s1. The Bertz CT molecular complexity index is 685. The van der Waals surface area contributed by atoms with Gasteiger partial charge in [-0.2, -0.15) is 13.2 Å². The second kappa shape index (κ2) is 7.50. The van der Waals surface area contributed by atoms with Gasteiger partial charge in [-0.05, 0) is 18.4 Å². The highest BCUT2D eigenvalue weighted by Crippen LogP contribution is 2.40. The molecule has 1 spiro atoms. The van der Waals surface area contributed by atoms with E-state index < -0.39 is 24.8 Å². The monoisotopic (exact) mass is 384 g/mol. The number of nitrogens with zero attached hydrogens (tertiary/aromatic N) is 2. The lowest BCUT2D eigenvalue weighted by molar-refractivity contribution is -0.224. The number of hydrogen-bond acceptors (Lipinski definition) is 3. The molecule has 0 N–H and O–H groups in total. The van der Waals surface area contributed by atoms with E-state index in [1.807, 2.05) is 0 Å². The summed E-state index contributed by atoms with van der Waals surface area (Å²) in [5.74, 6) is -0.346. The van der Waals surface area contributed by atoms with Gasteiger partial charge in [0.2, 0.25) is 11.8 Å². The second-order valence-electron chi connectivity index (χ2n) is 7.45. The Morgan fingerprint density at radius 3 is 2.37 bits per heavy atom. The van der Waals surface area contributed by atoms with E-state index in [0.29, 0.717) is 38.9 Å². The highest BCUT2D eigenvalue weighted by atomic mass is 19.4. The van der Waals surface area contributed by atoms with E-state index in [0.717, 1.165) is 0 Å². The van der Waals surface area contributed by atoms with Crippen molar-refractivity contribution in [3.63, 3.8) is 0 Å². The van der Waals surface area contributed by atoms with Crippen LogP contribution in [0.25, 0.3) is 0 Å². The molecule has 5 nitrogen and oxygen atoms in total. The summed E-state index contributed by atoms with van der Waals surface area (Å²) in [4.78, 5) is 27.4. The molecule has 2 aliphatic heterocycles. The average molecular weight is 384 g/mol. The van der Waals surface area contributed by atoms with E-state index in [2.05, 4.69) is 0 Å². The summed E-state index contributed by atoms with van der Waals surface area (Å²) in [7, 11) is 1.77. The van der Waals surface area contributed by atoms with Crippen LogP contribution in [0, 0.1) is 5.41 Å². The third-order valence-electron chi connectivity index (χ3n) is 5.47. The Morgan fingerprint density at radius 1 is 1.22 bits per heavy atom. The van der Waals surface area contributed by atoms with Crippen LogP contribution in [0.5, 0.6) is 0 Å². The van der Waals surface area contributed by atoms with E-state index in [1.54, 1.807) is 18.0 Å². The molecule has 8 heteroatoms. The molecule has 0 bridgehead atoms. The molecule has 1 aromatic carbocycles. The Hall–Kier alpha value is -2.09. The van der Waals surface area contributed by atoms with Crippen molar-refractivity contribution in [3.8, 4) is 0 Å². The van der Waals surface area contributed by atoms with E-state index in [1.165, 1.54) is 29.2 Å². The third kappa shape index (κ3) is 4.43. The first-order valence-electron chi connectivity index (χ1n) is 8.95. The summed E-state index contributed by atoms with van der Waals surface area (Å²) in [6.45, 7) is 0.927. The van der Waals surface area contributed by atoms with Gasteiger partial charge in [-0.15, -0.1) is 0 Å². The van der Waals surface area contributed by atoms with E-state index in [-0.39, 0.29) is 16.9 Å². The van der Waals surface area contributed by atoms with Crippen LogP contribution in [0.3, 0.4) is 0 Å². The zero-order valence-electron chi connectivity index (χ0n) is 15.2. The Labute approximate surface area is 156 Å². The molecule has 2 aliphatic rings. The van der Waals surface area contributed by atoms with Crippen molar-refractivity contribution in [2.24, 2.45) is 5.41 Å². The molecule has 0 radical (unpaired) electrons. The number of piperidine rings is 1. The van der Waals surface area contributed by atoms with Crippen molar-refractivity contribution in [1.82, 2.24) is 9.80 Å². The van der Waals surface area contributed by atoms with Gasteiger partial charge in [-0.3, -0.25) is 9.59 Å². The third-order valence-corrected chi connectivity index (χ3v) is 5.47. The molecule has 1 atom stereocenters. The smallest absolute Gasteiger partial charge is 0.354 e. The van der Waals surface area contributed by atoms with Gasteiger partial charge >= 0.3 is 6.18 Å². The minimum atomic E-state index is -4.59. The predicted octanol–water partition coefficient (Wildman–Crippen LogP) is 2.78. The first-order valence-corrected chi connectivity index (χ1v) is 8.95. The molecule has 1 aromatic rings. The molecule has 0 aromatic heterocycles. The van der Waals surface area contributed by atoms with Crippen LogP contribution in [0.4, 0.5) is 13.2 Å². The highest BCUT2D eigenvalue weighted by molar-refractivity contribution is 5.80. The number of rotatable bonds is 4. The second-order valence-corrected chi connectivity index (χ2v) is 7.45. The number of carbonyl (C=O) groups is 2. The Morgan fingerprint density at radius 2 is 1.85 bits per heavy atom. The van der Waals surface area contributed by atoms with Gasteiger partial charge in [0.05, 0.1) is 0 Å². The molecule has 2 heterocycles. The SMILES string of the molecule is CN1CC2(CCN(C(=O)CO[C@@H](c3ccccc3)C(F)(F)F)CC2)CC1=O. The number of alkyl halides is 3. The topological polar surface area (TPSA) is 49.9 Å². The molecule has 0 saturated carbocycles. The molecular weight excluding hydrogens is 361 g/mol. The molecule has 2 fully saturated rings. The maximum Gasteiger partial charge on any atom is 0.418 e. The molecule has 27 heavy (non-hydrogen) atoms. The minimum absolute atomic E-state index is 0.0251. The summed E-state index contributed by atoms with van der Waals surface area (Å²) in [6.07, 6.45) is -4.89. The van der Waals surface area contributed by atoms with Gasteiger partial charge in [-0.1, -0.05) is 30.3 Å². The van der Waals surface area contributed by atoms with E-state index in [4.69, 9.17) is 4.74 Å². The Kier molecular flexibility index (Phi) is 5.46. The number of carbonyl (C=O) groups excluding carboxylic acids is 2. The number of amides is 2. The highest BCUT2D eigenvalue weighted by Gasteiger charge is 2.45.